The van der Waals surface area contributed by atoms with Crippen LogP contribution in [0.2, 0.25) is 0 Å². The van der Waals surface area contributed by atoms with Crippen molar-refractivity contribution in [2.75, 3.05) is 6.54 Å². The third-order valence-electron chi connectivity index (χ3n) is 3.13. The zero-order valence-corrected chi connectivity index (χ0v) is 12.9. The summed E-state index contributed by atoms with van der Waals surface area (Å²) in [4.78, 5) is 26.2. The minimum atomic E-state index is -0.505. The van der Waals surface area contributed by atoms with Gasteiger partial charge in [0.2, 0.25) is 0 Å². The SMILES string of the molecule is CC(C)(C)OC(=O)N1CCn2nc(-c3cncnc3)nc2C1. The van der Waals surface area contributed by atoms with E-state index in [1.165, 1.54) is 6.33 Å². The van der Waals surface area contributed by atoms with Gasteiger partial charge in [-0.3, -0.25) is 4.90 Å². The number of carbonyl (C=O) groups excluding carboxylic acids is 1. The number of aromatic nitrogens is 5. The number of ether oxygens (including phenoxy) is 1. The van der Waals surface area contributed by atoms with Crippen LogP contribution in [0.15, 0.2) is 18.7 Å². The molecule has 0 saturated carbocycles. The first kappa shape index (κ1) is 14.4. The summed E-state index contributed by atoms with van der Waals surface area (Å²) < 4.78 is 7.20. The molecule has 0 saturated heterocycles. The second kappa shape index (κ2) is 5.36. The maximum absolute atomic E-state index is 12.1. The van der Waals surface area contributed by atoms with Gasteiger partial charge < -0.3 is 4.74 Å². The Kier molecular flexibility index (Phi) is 3.51. The van der Waals surface area contributed by atoms with Gasteiger partial charge in [0.1, 0.15) is 17.8 Å². The Hall–Kier alpha value is -2.51. The minimum Gasteiger partial charge on any atom is -0.444 e. The van der Waals surface area contributed by atoms with Crippen molar-refractivity contribution in [3.05, 3.63) is 24.5 Å². The molecule has 0 spiro atoms. The number of carbonyl (C=O) groups is 1. The molecule has 0 N–H and O–H groups in total. The summed E-state index contributed by atoms with van der Waals surface area (Å²) in [6.07, 6.45) is 4.47. The molecule has 0 radical (unpaired) electrons. The highest BCUT2D eigenvalue weighted by atomic mass is 16.6. The fraction of sp³-hybridized carbons (Fsp3) is 0.500. The van der Waals surface area contributed by atoms with Gasteiger partial charge in [0.25, 0.3) is 0 Å². The van der Waals surface area contributed by atoms with Gasteiger partial charge in [-0.05, 0) is 20.8 Å². The number of fused-ring (bicyclic) bond motifs is 1. The molecule has 2 aromatic heterocycles. The highest BCUT2D eigenvalue weighted by molar-refractivity contribution is 5.68. The molecule has 22 heavy (non-hydrogen) atoms. The average molecular weight is 302 g/mol. The lowest BCUT2D eigenvalue weighted by Gasteiger charge is -2.29. The fourth-order valence-electron chi connectivity index (χ4n) is 2.15. The normalized spacial score (nSPS) is 14.6. The van der Waals surface area contributed by atoms with E-state index in [1.54, 1.807) is 17.3 Å². The Morgan fingerprint density at radius 2 is 1.95 bits per heavy atom. The Morgan fingerprint density at radius 3 is 2.64 bits per heavy atom. The van der Waals surface area contributed by atoms with Crippen LogP contribution in [-0.2, 0) is 17.8 Å². The number of rotatable bonds is 1. The van der Waals surface area contributed by atoms with Gasteiger partial charge in [0, 0.05) is 18.9 Å². The van der Waals surface area contributed by atoms with E-state index in [2.05, 4.69) is 20.1 Å². The lowest BCUT2D eigenvalue weighted by atomic mass is 10.2. The summed E-state index contributed by atoms with van der Waals surface area (Å²) in [5, 5.41) is 4.44. The van der Waals surface area contributed by atoms with Gasteiger partial charge in [-0.2, -0.15) is 5.10 Å². The monoisotopic (exact) mass is 302 g/mol. The summed E-state index contributed by atoms with van der Waals surface area (Å²) >= 11 is 0. The van der Waals surface area contributed by atoms with Crippen LogP contribution < -0.4 is 0 Å². The maximum atomic E-state index is 12.1. The van der Waals surface area contributed by atoms with Gasteiger partial charge in [0.05, 0.1) is 18.7 Å². The summed E-state index contributed by atoms with van der Waals surface area (Å²) in [6.45, 7) is 7.08. The van der Waals surface area contributed by atoms with Crippen LogP contribution in [0.25, 0.3) is 11.4 Å². The van der Waals surface area contributed by atoms with E-state index < -0.39 is 5.60 Å². The van der Waals surface area contributed by atoms with Crippen molar-refractivity contribution in [1.82, 2.24) is 29.6 Å². The molecule has 1 aliphatic heterocycles. The number of nitrogens with zero attached hydrogens (tertiary/aromatic N) is 6. The van der Waals surface area contributed by atoms with Crippen molar-refractivity contribution in [2.45, 2.75) is 39.5 Å². The van der Waals surface area contributed by atoms with Gasteiger partial charge in [-0.15, -0.1) is 0 Å². The van der Waals surface area contributed by atoms with Crippen LogP contribution in [0.5, 0.6) is 0 Å². The van der Waals surface area contributed by atoms with E-state index >= 15 is 0 Å². The van der Waals surface area contributed by atoms with Crippen molar-refractivity contribution in [3.63, 3.8) is 0 Å². The first-order valence-corrected chi connectivity index (χ1v) is 7.09. The number of amides is 1. The van der Waals surface area contributed by atoms with Gasteiger partial charge in [0.15, 0.2) is 5.82 Å². The molecule has 0 bridgehead atoms. The molecule has 0 aromatic carbocycles. The molecular weight excluding hydrogens is 284 g/mol. The molecule has 116 valence electrons. The van der Waals surface area contributed by atoms with E-state index in [9.17, 15) is 4.79 Å². The molecule has 0 aliphatic carbocycles. The summed E-state index contributed by atoms with van der Waals surface area (Å²) in [5.41, 5.74) is 0.252. The molecule has 0 unspecified atom stereocenters. The first-order valence-electron chi connectivity index (χ1n) is 7.09. The van der Waals surface area contributed by atoms with Crippen LogP contribution >= 0.6 is 0 Å². The van der Waals surface area contributed by atoms with Crippen molar-refractivity contribution < 1.29 is 9.53 Å². The lowest BCUT2D eigenvalue weighted by molar-refractivity contribution is 0.0190. The molecule has 0 atom stereocenters. The number of hydrogen-bond donors (Lipinski definition) is 0. The van der Waals surface area contributed by atoms with Crippen LogP contribution in [0, 0.1) is 0 Å². The molecule has 8 nitrogen and oxygen atoms in total. The van der Waals surface area contributed by atoms with Crippen molar-refractivity contribution >= 4 is 6.09 Å². The maximum Gasteiger partial charge on any atom is 0.410 e. The second-order valence-corrected chi connectivity index (χ2v) is 6.10. The zero-order valence-electron chi connectivity index (χ0n) is 12.9. The Labute approximate surface area is 128 Å². The van der Waals surface area contributed by atoms with Gasteiger partial charge in [-0.1, -0.05) is 0 Å². The third kappa shape index (κ3) is 3.05. The number of hydrogen-bond acceptors (Lipinski definition) is 6. The Bertz CT molecular complexity index is 676. The molecule has 0 fully saturated rings. The zero-order chi connectivity index (χ0) is 15.7. The van der Waals surface area contributed by atoms with Crippen LogP contribution in [0.1, 0.15) is 26.6 Å². The van der Waals surface area contributed by atoms with Crippen LogP contribution in [0.3, 0.4) is 0 Å². The van der Waals surface area contributed by atoms with E-state index in [-0.39, 0.29) is 6.09 Å². The van der Waals surface area contributed by atoms with E-state index in [4.69, 9.17) is 4.74 Å². The first-order chi connectivity index (χ1) is 10.4. The molecule has 8 heteroatoms. The second-order valence-electron chi connectivity index (χ2n) is 6.10. The van der Waals surface area contributed by atoms with E-state index in [0.717, 1.165) is 11.4 Å². The summed E-state index contributed by atoms with van der Waals surface area (Å²) in [6, 6.07) is 0. The van der Waals surface area contributed by atoms with E-state index in [0.29, 0.717) is 25.5 Å². The highest BCUT2D eigenvalue weighted by Gasteiger charge is 2.27. The standard InChI is InChI=1S/C14H18N6O2/c1-14(2,3)22-13(21)19-4-5-20-11(8-19)17-12(18-20)10-6-15-9-16-7-10/h6-7,9H,4-5,8H2,1-3H3. The predicted octanol–water partition coefficient (Wildman–Crippen LogP) is 1.49. The fourth-order valence-corrected chi connectivity index (χ4v) is 2.15. The molecule has 2 aromatic rings. The smallest absolute Gasteiger partial charge is 0.410 e. The quantitative estimate of drug-likeness (QED) is 0.793. The van der Waals surface area contributed by atoms with Gasteiger partial charge >= 0.3 is 6.09 Å². The van der Waals surface area contributed by atoms with Gasteiger partial charge in [-0.25, -0.2) is 24.4 Å². The summed E-state index contributed by atoms with van der Waals surface area (Å²) in [5.74, 6) is 1.30. The Balaban J connectivity index is 1.77. The van der Waals surface area contributed by atoms with Crippen LogP contribution in [-0.4, -0.2) is 47.9 Å². The largest absolute Gasteiger partial charge is 0.444 e. The highest BCUT2D eigenvalue weighted by Crippen LogP contribution is 2.19. The molecule has 3 rings (SSSR count). The average Bonchev–Trinajstić information content (AvgIpc) is 2.89. The molecule has 3 heterocycles. The molecule has 1 amide bonds. The van der Waals surface area contributed by atoms with Crippen LogP contribution in [0.4, 0.5) is 4.79 Å². The summed E-state index contributed by atoms with van der Waals surface area (Å²) in [7, 11) is 0. The Morgan fingerprint density at radius 1 is 1.23 bits per heavy atom. The molecule has 1 aliphatic rings. The van der Waals surface area contributed by atoms with Crippen molar-refractivity contribution in [3.8, 4) is 11.4 Å². The topological polar surface area (TPSA) is 86.0 Å². The third-order valence-corrected chi connectivity index (χ3v) is 3.13. The molecular formula is C14H18N6O2. The lowest BCUT2D eigenvalue weighted by Crippen LogP contribution is -2.41. The minimum absolute atomic E-state index is 0.327. The van der Waals surface area contributed by atoms with Crippen molar-refractivity contribution in [1.29, 1.82) is 0 Å². The van der Waals surface area contributed by atoms with Crippen molar-refractivity contribution in [2.24, 2.45) is 0 Å². The van der Waals surface area contributed by atoms with E-state index in [1.807, 2.05) is 25.5 Å². The predicted molar refractivity (Wildman–Crippen MR) is 77.7 cm³/mol.